The van der Waals surface area contributed by atoms with Crippen molar-refractivity contribution >= 4 is 79.6 Å². The van der Waals surface area contributed by atoms with E-state index in [2.05, 4.69) is 31.2 Å². The molecule has 2 aliphatic heterocycles. The van der Waals surface area contributed by atoms with E-state index in [9.17, 15) is 33.9 Å². The molecule has 5 amide bonds. The molecule has 20 heteroatoms. The lowest BCUT2D eigenvalue weighted by molar-refractivity contribution is -0.141. The lowest BCUT2D eigenvalue weighted by Gasteiger charge is -2.30. The van der Waals surface area contributed by atoms with Crippen LogP contribution in [-0.2, 0) is 40.1 Å². The van der Waals surface area contributed by atoms with Gasteiger partial charge in [0.2, 0.25) is 29.5 Å². The summed E-state index contributed by atoms with van der Waals surface area (Å²) in [6.07, 6.45) is 4.16. The van der Waals surface area contributed by atoms with Gasteiger partial charge in [-0.15, -0.1) is 23.1 Å². The number of nitrogens with one attached hydrogen (secondary N) is 4. The number of rotatable bonds is 26. The van der Waals surface area contributed by atoms with Crippen molar-refractivity contribution in [1.29, 1.82) is 0 Å². The van der Waals surface area contributed by atoms with Gasteiger partial charge in [-0.3, -0.25) is 34.3 Å². The number of thioether (sulfide) groups is 1. The Hall–Kier alpha value is -4.99. The van der Waals surface area contributed by atoms with Crippen LogP contribution >= 0.6 is 23.1 Å². The van der Waals surface area contributed by atoms with Crippen molar-refractivity contribution in [2.75, 3.05) is 51.5 Å². The van der Waals surface area contributed by atoms with Gasteiger partial charge in [0, 0.05) is 24.4 Å². The Labute approximate surface area is 375 Å². The molecule has 0 saturated carbocycles. The minimum absolute atomic E-state index is 0.0245. The molecule has 1 saturated heterocycles. The molecule has 0 bridgehead atoms. The number of aromatic nitrogens is 1. The monoisotopic (exact) mass is 908 g/mol. The van der Waals surface area contributed by atoms with Crippen LogP contribution in [0.5, 0.6) is 0 Å². The fourth-order valence-corrected chi connectivity index (χ4v) is 9.40. The Kier molecular flexibility index (Phi) is 19.3. The van der Waals surface area contributed by atoms with E-state index in [-0.39, 0.29) is 25.5 Å². The summed E-state index contributed by atoms with van der Waals surface area (Å²) in [6.45, 7) is 1.83. The molecule has 3 heterocycles. The smallest absolute Gasteiger partial charge is 0.329 e. The number of thiazole rings is 1. The van der Waals surface area contributed by atoms with Crippen LogP contribution in [0, 0.1) is 0 Å². The summed E-state index contributed by atoms with van der Waals surface area (Å²) in [6, 6.07) is 10.3. The second-order valence-electron chi connectivity index (χ2n) is 15.9. The number of nitrogens with two attached hydrogens (primary N) is 2. The Bertz CT molecular complexity index is 2070. The molecule has 18 nitrogen and oxygen atoms in total. The number of hydrogen-bond acceptors (Lipinski definition) is 14. The summed E-state index contributed by atoms with van der Waals surface area (Å²) in [5.74, 6) is -3.03. The first-order valence-electron chi connectivity index (χ1n) is 21.4. The van der Waals surface area contributed by atoms with Gasteiger partial charge in [0.05, 0.1) is 29.6 Å². The number of anilines is 1. The van der Waals surface area contributed by atoms with Gasteiger partial charge in [0.25, 0.3) is 0 Å². The molecular weight excluding hydrogens is 849 g/mol. The highest BCUT2D eigenvalue weighted by Gasteiger charge is 2.39. The minimum atomic E-state index is -0.999. The Balaban J connectivity index is 1.26. The molecule has 5 rings (SSSR count). The second kappa shape index (κ2) is 24.7. The molecule has 2 aromatic carbocycles. The molecule has 1 aromatic heterocycles. The number of nitrogens with zero attached hydrogens (tertiary/aromatic N) is 4. The maximum absolute atomic E-state index is 14.2. The van der Waals surface area contributed by atoms with Crippen molar-refractivity contribution in [1.82, 2.24) is 30.7 Å². The van der Waals surface area contributed by atoms with Gasteiger partial charge < -0.3 is 47.1 Å². The number of unbranched alkanes of at least 4 members (excludes halogenated alkanes) is 2. The van der Waals surface area contributed by atoms with Gasteiger partial charge in [-0.2, -0.15) is 0 Å². The van der Waals surface area contributed by atoms with Crippen molar-refractivity contribution < 1.29 is 38.6 Å². The van der Waals surface area contributed by atoms with E-state index >= 15 is 0 Å². The molecule has 63 heavy (non-hydrogen) atoms. The number of benzene rings is 2. The first-order valence-corrected chi connectivity index (χ1v) is 23.2. The standard InChI is InChI=1S/C43H60N10O8S2/c1-52(2)21-9-7-14-31(49-39(57)34-15-10-22-53(34)42(58)32(18-19-36(45)54)46-26-61-24-27-11-4-3-5-12-27)38(56)48-30(13-6-8-20-44)37(55)47-28-16-17-29-35(23-28)63-41(50-29)40-51-33(25-62-40)43(59)60/h3-5,11-12,16-17,23,30-34,46H,6-10,13-15,18-22,24-26,44H2,1-2H3,(H2,45,54)(H,47,55)(H,48,56)(H,49,57)(H,59,60). The number of carbonyl (C=O) groups is 6. The fraction of sp³-hybridized carbons (Fsp3) is 0.535. The van der Waals surface area contributed by atoms with Gasteiger partial charge in [-0.1, -0.05) is 30.3 Å². The summed E-state index contributed by atoms with van der Waals surface area (Å²) in [7, 11) is 3.91. The van der Waals surface area contributed by atoms with E-state index in [1.54, 1.807) is 18.2 Å². The van der Waals surface area contributed by atoms with Crippen LogP contribution in [0.2, 0.25) is 0 Å². The Morgan fingerprint density at radius 2 is 1.70 bits per heavy atom. The first-order chi connectivity index (χ1) is 30.3. The lowest BCUT2D eigenvalue weighted by atomic mass is 10.0. The van der Waals surface area contributed by atoms with Crippen LogP contribution in [0.25, 0.3) is 10.2 Å². The number of carboxylic acid groups (broad SMARTS) is 1. The van der Waals surface area contributed by atoms with Crippen molar-refractivity contribution in [3.05, 3.63) is 59.1 Å². The number of aliphatic imine (C=N–C) groups is 1. The van der Waals surface area contributed by atoms with E-state index in [0.29, 0.717) is 91.7 Å². The minimum Gasteiger partial charge on any atom is -0.480 e. The first kappa shape index (κ1) is 49.0. The molecule has 0 spiro atoms. The summed E-state index contributed by atoms with van der Waals surface area (Å²) < 4.78 is 6.52. The van der Waals surface area contributed by atoms with Crippen LogP contribution in [0.3, 0.4) is 0 Å². The summed E-state index contributed by atoms with van der Waals surface area (Å²) in [5, 5.41) is 22.4. The second-order valence-corrected chi connectivity index (χ2v) is 18.0. The zero-order valence-corrected chi connectivity index (χ0v) is 37.5. The Morgan fingerprint density at radius 1 is 0.952 bits per heavy atom. The van der Waals surface area contributed by atoms with E-state index in [1.165, 1.54) is 28.0 Å². The van der Waals surface area contributed by atoms with Gasteiger partial charge in [-0.05, 0) is 109 Å². The molecule has 342 valence electrons. The van der Waals surface area contributed by atoms with E-state index in [4.69, 9.17) is 16.2 Å². The maximum atomic E-state index is 14.2. The van der Waals surface area contributed by atoms with Gasteiger partial charge in [0.1, 0.15) is 28.2 Å². The van der Waals surface area contributed by atoms with Crippen LogP contribution < -0.4 is 32.7 Å². The predicted octanol–water partition coefficient (Wildman–Crippen LogP) is 2.40. The average molecular weight is 909 g/mol. The molecule has 9 N–H and O–H groups in total. The Morgan fingerprint density at radius 3 is 2.40 bits per heavy atom. The normalized spacial score (nSPS) is 17.6. The van der Waals surface area contributed by atoms with Gasteiger partial charge in [0.15, 0.2) is 6.04 Å². The number of carboxylic acids is 1. The number of primary amides is 1. The van der Waals surface area contributed by atoms with Crippen LogP contribution in [-0.4, -0.2) is 137 Å². The van der Waals surface area contributed by atoms with Crippen LogP contribution in [0.4, 0.5) is 5.69 Å². The zero-order chi connectivity index (χ0) is 45.3. The topological polar surface area (TPSA) is 264 Å². The molecule has 0 radical (unpaired) electrons. The number of amides is 5. The van der Waals surface area contributed by atoms with E-state index < -0.39 is 59.8 Å². The average Bonchev–Trinajstić information content (AvgIpc) is 4.05. The van der Waals surface area contributed by atoms with Gasteiger partial charge >= 0.3 is 5.97 Å². The number of likely N-dealkylation sites (tertiary alicyclic amines) is 1. The molecule has 5 unspecified atom stereocenters. The zero-order valence-electron chi connectivity index (χ0n) is 35.9. The largest absolute Gasteiger partial charge is 0.480 e. The van der Waals surface area contributed by atoms with E-state index in [0.717, 1.165) is 23.2 Å². The number of hydrogen-bond donors (Lipinski definition) is 7. The summed E-state index contributed by atoms with van der Waals surface area (Å²) >= 11 is 2.68. The highest BCUT2D eigenvalue weighted by Crippen LogP contribution is 2.31. The molecule has 5 atom stereocenters. The number of fused-ring (bicyclic) bond motifs is 1. The summed E-state index contributed by atoms with van der Waals surface area (Å²) in [4.78, 5) is 91.7. The third kappa shape index (κ3) is 15.1. The predicted molar refractivity (Wildman–Crippen MR) is 244 cm³/mol. The molecular formula is C43H60N10O8S2. The highest BCUT2D eigenvalue weighted by atomic mass is 32.2. The number of carbonyl (C=O) groups excluding carboxylic acids is 5. The fourth-order valence-electron chi connectivity index (χ4n) is 7.29. The summed E-state index contributed by atoms with van der Waals surface area (Å²) in [5.41, 5.74) is 13.3. The van der Waals surface area contributed by atoms with Crippen molar-refractivity contribution in [3.8, 4) is 0 Å². The van der Waals surface area contributed by atoms with Gasteiger partial charge in [-0.25, -0.2) is 9.78 Å². The number of ether oxygens (including phenoxy) is 1. The molecule has 3 aromatic rings. The van der Waals surface area contributed by atoms with Crippen LogP contribution in [0.1, 0.15) is 74.8 Å². The number of aliphatic carboxylic acids is 1. The van der Waals surface area contributed by atoms with E-state index in [1.807, 2.05) is 49.3 Å². The van der Waals surface area contributed by atoms with Crippen LogP contribution in [0.15, 0.2) is 53.5 Å². The third-order valence-electron chi connectivity index (χ3n) is 10.7. The SMILES string of the molecule is CN(C)CCCCC(NC(=O)C1CCCN1C(=O)C(CCC(N)=O)NCOCc1ccccc1)C(=O)NC(CCCCN)C(=O)Nc1ccc2nc(C3=NC(C(=O)O)CS3)sc2c1. The molecule has 1 fully saturated rings. The lowest BCUT2D eigenvalue weighted by Crippen LogP contribution is -2.57. The maximum Gasteiger partial charge on any atom is 0.329 e. The van der Waals surface area contributed by atoms with Crippen molar-refractivity contribution in [3.63, 3.8) is 0 Å². The third-order valence-corrected chi connectivity index (χ3v) is 12.9. The molecule has 0 aliphatic carbocycles. The van der Waals surface area contributed by atoms with Crippen molar-refractivity contribution in [2.24, 2.45) is 16.5 Å². The molecule has 2 aliphatic rings. The van der Waals surface area contributed by atoms with Crippen molar-refractivity contribution in [2.45, 2.75) is 101 Å². The quantitative estimate of drug-likeness (QED) is 0.0452. The highest BCUT2D eigenvalue weighted by molar-refractivity contribution is 8.15.